The molecule has 218 valence electrons. The van der Waals surface area contributed by atoms with Crippen molar-refractivity contribution in [2.24, 2.45) is 38.3 Å². The average molecular weight is 586 g/mol. The predicted octanol–water partition coefficient (Wildman–Crippen LogP) is 5.67. The Balaban J connectivity index is 1.90. The van der Waals surface area contributed by atoms with Gasteiger partial charge >= 0.3 is 6.09 Å². The molecular weight excluding hydrogens is 552 g/mol. The lowest BCUT2D eigenvalue weighted by Crippen LogP contribution is -2.43. The Morgan fingerprint density at radius 3 is 2.49 bits per heavy atom. The second kappa shape index (κ2) is 12.3. The van der Waals surface area contributed by atoms with E-state index in [4.69, 9.17) is 28.2 Å². The first-order valence-corrected chi connectivity index (χ1v) is 13.8. The van der Waals surface area contributed by atoms with E-state index in [9.17, 15) is 9.18 Å². The number of aromatic nitrogens is 1. The summed E-state index contributed by atoms with van der Waals surface area (Å²) in [6.07, 6.45) is 3.97. The number of nitrogens with two attached hydrogens (primary N) is 2. The van der Waals surface area contributed by atoms with Gasteiger partial charge in [-0.05, 0) is 50.7 Å². The van der Waals surface area contributed by atoms with Crippen molar-refractivity contribution in [1.82, 2.24) is 9.88 Å². The van der Waals surface area contributed by atoms with E-state index < -0.39 is 23.4 Å². The highest BCUT2D eigenvalue weighted by Gasteiger charge is 2.43. The second-order valence-electron chi connectivity index (χ2n) is 10.7. The van der Waals surface area contributed by atoms with E-state index >= 15 is 4.39 Å². The molecule has 0 saturated heterocycles. The summed E-state index contributed by atoms with van der Waals surface area (Å²) in [6.45, 7) is 5.67. The molecule has 2 aliphatic rings. The Morgan fingerprint density at radius 2 is 1.85 bits per heavy atom. The number of amidine groups is 3. The first kappa shape index (κ1) is 30.1. The third-order valence-corrected chi connectivity index (χ3v) is 8.00. The van der Waals surface area contributed by atoms with Crippen molar-refractivity contribution in [2.45, 2.75) is 52.1 Å². The molecule has 2 heterocycles. The van der Waals surface area contributed by atoms with Crippen LogP contribution in [-0.4, -0.2) is 51.7 Å². The van der Waals surface area contributed by atoms with E-state index in [1.165, 1.54) is 31.3 Å². The largest absolute Gasteiger partial charge is 0.463 e. The van der Waals surface area contributed by atoms with Crippen molar-refractivity contribution in [3.8, 4) is 0 Å². The molecule has 0 spiro atoms. The number of hydrogen-bond donors (Lipinski definition) is 3. The van der Waals surface area contributed by atoms with Gasteiger partial charge in [-0.2, -0.15) is 4.99 Å². The van der Waals surface area contributed by atoms with E-state index in [0.717, 1.165) is 25.7 Å². The lowest BCUT2D eigenvalue weighted by atomic mass is 9.82. The van der Waals surface area contributed by atoms with E-state index in [-0.39, 0.29) is 35.4 Å². The fourth-order valence-corrected chi connectivity index (χ4v) is 5.42. The van der Waals surface area contributed by atoms with E-state index in [2.05, 4.69) is 26.9 Å². The molecule has 12 heteroatoms. The van der Waals surface area contributed by atoms with E-state index in [0.29, 0.717) is 34.4 Å². The number of amides is 1. The van der Waals surface area contributed by atoms with Crippen LogP contribution in [0.3, 0.4) is 0 Å². The fraction of sp³-hybridized carbons (Fsp3) is 0.414. The zero-order valence-corrected chi connectivity index (χ0v) is 24.0. The van der Waals surface area contributed by atoms with Gasteiger partial charge in [0.05, 0.1) is 28.7 Å². The predicted molar refractivity (Wildman–Crippen MR) is 157 cm³/mol. The lowest BCUT2D eigenvalue weighted by Gasteiger charge is -2.35. The SMILES string of the molecule is Cc1ncc(C(/N=C(N)/C(N)=N/C(=O)O)=C2/CN=C(C(C)(F)c3ccccc3F)N2CC2CCC(C)CC2)cc1Cl. The molecule has 1 aromatic carbocycles. The maximum Gasteiger partial charge on any atom is 0.433 e. The van der Waals surface area contributed by atoms with Crippen molar-refractivity contribution in [3.05, 3.63) is 69.9 Å². The highest BCUT2D eigenvalue weighted by molar-refractivity contribution is 6.41. The third kappa shape index (κ3) is 6.73. The maximum absolute atomic E-state index is 16.7. The molecule has 0 bridgehead atoms. The molecule has 9 nitrogen and oxygen atoms in total. The topological polar surface area (TPSA) is 143 Å². The first-order valence-electron chi connectivity index (χ1n) is 13.4. The van der Waals surface area contributed by atoms with Crippen LogP contribution in [0.4, 0.5) is 13.6 Å². The number of alkyl halides is 1. The molecule has 1 unspecified atom stereocenters. The van der Waals surface area contributed by atoms with Gasteiger partial charge in [-0.1, -0.05) is 49.6 Å². The standard InChI is InChI=1S/C29H34ClF2N7O2/c1-16-8-10-18(11-9-16)15-39-23(14-36-27(39)29(3,32)20-6-4-5-7-22(20)31)24(19-12-21(30)17(2)35-13-19)37-25(33)26(34)38-28(40)41/h4-7,12-13,16,18H,8-11,14-15H2,1-3H3,(H2,33,37)(H2,34,38)(H,40,41)/b24-23+. The van der Waals surface area contributed by atoms with Crippen LogP contribution in [0.1, 0.15) is 56.4 Å². The van der Waals surface area contributed by atoms with Gasteiger partial charge < -0.3 is 21.5 Å². The van der Waals surface area contributed by atoms with Crippen LogP contribution in [-0.2, 0) is 5.67 Å². The van der Waals surface area contributed by atoms with Gasteiger partial charge in [0.1, 0.15) is 11.7 Å². The van der Waals surface area contributed by atoms with Crippen LogP contribution in [0.2, 0.25) is 5.02 Å². The summed E-state index contributed by atoms with van der Waals surface area (Å²) < 4.78 is 31.6. The monoisotopic (exact) mass is 585 g/mol. The number of rotatable bonds is 6. The Labute approximate surface area is 242 Å². The molecule has 5 N–H and O–H groups in total. The molecular formula is C29H34ClF2N7O2. The number of nitrogens with zero attached hydrogens (tertiary/aromatic N) is 5. The normalized spacial score (nSPS) is 22.8. The Kier molecular flexibility index (Phi) is 9.06. The van der Waals surface area contributed by atoms with Crippen LogP contribution in [0.5, 0.6) is 0 Å². The summed E-state index contributed by atoms with van der Waals surface area (Å²) in [5.74, 6) is -0.671. The number of benzene rings is 1. The molecule has 2 aromatic rings. The molecule has 0 radical (unpaired) electrons. The van der Waals surface area contributed by atoms with Gasteiger partial charge in [-0.15, -0.1) is 0 Å². The zero-order valence-electron chi connectivity index (χ0n) is 23.2. The average Bonchev–Trinajstić information content (AvgIpc) is 3.33. The van der Waals surface area contributed by atoms with E-state index in [1.54, 1.807) is 24.0 Å². The molecule has 1 aliphatic heterocycles. The van der Waals surface area contributed by atoms with Crippen molar-refractivity contribution in [1.29, 1.82) is 0 Å². The van der Waals surface area contributed by atoms with Crippen molar-refractivity contribution in [2.75, 3.05) is 13.1 Å². The summed E-state index contributed by atoms with van der Waals surface area (Å²) in [4.78, 5) is 29.5. The van der Waals surface area contributed by atoms with E-state index in [1.807, 2.05) is 0 Å². The second-order valence-corrected chi connectivity index (χ2v) is 11.1. The third-order valence-electron chi connectivity index (χ3n) is 7.62. The number of hydrogen-bond acceptors (Lipinski definition) is 5. The summed E-state index contributed by atoms with van der Waals surface area (Å²) in [5, 5.41) is 9.40. The summed E-state index contributed by atoms with van der Waals surface area (Å²) in [5.41, 5.74) is 11.2. The first-order chi connectivity index (χ1) is 19.4. The van der Waals surface area contributed by atoms with Gasteiger partial charge in [0.25, 0.3) is 0 Å². The minimum atomic E-state index is -2.28. The number of carbonyl (C=O) groups is 1. The molecule has 1 fully saturated rings. The summed E-state index contributed by atoms with van der Waals surface area (Å²) >= 11 is 6.40. The van der Waals surface area contributed by atoms with Crippen LogP contribution < -0.4 is 11.5 Å². The van der Waals surface area contributed by atoms with Crippen LogP contribution in [0.25, 0.3) is 5.70 Å². The van der Waals surface area contributed by atoms with Gasteiger partial charge in [0.2, 0.25) is 0 Å². The highest BCUT2D eigenvalue weighted by Crippen LogP contribution is 2.39. The quantitative estimate of drug-likeness (QED) is 0.294. The number of carboxylic acid groups (broad SMARTS) is 1. The number of aliphatic imine (C=N–C) groups is 3. The minimum Gasteiger partial charge on any atom is -0.463 e. The molecule has 4 rings (SSSR count). The maximum atomic E-state index is 16.7. The molecule has 1 atom stereocenters. The Bertz CT molecular complexity index is 1450. The number of aryl methyl sites for hydroxylation is 1. The van der Waals surface area contributed by atoms with Crippen molar-refractivity contribution in [3.63, 3.8) is 0 Å². The van der Waals surface area contributed by atoms with Crippen molar-refractivity contribution >= 4 is 40.9 Å². The van der Waals surface area contributed by atoms with Gasteiger partial charge in [-0.25, -0.2) is 18.6 Å². The fourth-order valence-electron chi connectivity index (χ4n) is 5.25. The van der Waals surface area contributed by atoms with Gasteiger partial charge in [0.15, 0.2) is 17.3 Å². The molecule has 1 aromatic heterocycles. The summed E-state index contributed by atoms with van der Waals surface area (Å²) in [7, 11) is 0. The molecule has 41 heavy (non-hydrogen) atoms. The molecule has 1 aliphatic carbocycles. The van der Waals surface area contributed by atoms with Crippen LogP contribution >= 0.6 is 11.6 Å². The molecule has 1 saturated carbocycles. The Hall–Kier alpha value is -3.86. The zero-order chi connectivity index (χ0) is 29.9. The van der Waals surface area contributed by atoms with Gasteiger partial charge in [0, 0.05) is 23.9 Å². The minimum absolute atomic E-state index is 0.00000567. The number of pyridine rings is 1. The highest BCUT2D eigenvalue weighted by atomic mass is 35.5. The number of halogens is 3. The van der Waals surface area contributed by atoms with Gasteiger partial charge in [-0.3, -0.25) is 9.98 Å². The summed E-state index contributed by atoms with van der Waals surface area (Å²) in [6, 6.07) is 7.34. The van der Waals surface area contributed by atoms with Crippen LogP contribution in [0.15, 0.2) is 57.2 Å². The Morgan fingerprint density at radius 1 is 1.20 bits per heavy atom. The molecule has 1 amide bonds. The smallest absolute Gasteiger partial charge is 0.433 e. The lowest BCUT2D eigenvalue weighted by molar-refractivity contribution is 0.205. The van der Waals surface area contributed by atoms with Crippen molar-refractivity contribution < 1.29 is 18.7 Å². The van der Waals surface area contributed by atoms with Crippen LogP contribution in [0, 0.1) is 24.6 Å².